The summed E-state index contributed by atoms with van der Waals surface area (Å²) in [6.07, 6.45) is 4.66. The van der Waals surface area contributed by atoms with Crippen LogP contribution in [0, 0.1) is 0 Å². The third-order valence-corrected chi connectivity index (χ3v) is 5.90. The number of methoxy groups -OCH3 is 1. The number of nitrogens with zero attached hydrogens (tertiary/aromatic N) is 1. The first-order valence-corrected chi connectivity index (χ1v) is 11.6. The van der Waals surface area contributed by atoms with E-state index in [-0.39, 0.29) is 12.7 Å². The summed E-state index contributed by atoms with van der Waals surface area (Å²) in [4.78, 5) is 15.4. The smallest absolute Gasteiger partial charge is 0.254 e. The molecular formula is C28H31NO4. The monoisotopic (exact) mass is 445 g/mol. The number of ether oxygens (including phenoxy) is 3. The van der Waals surface area contributed by atoms with Gasteiger partial charge in [-0.2, -0.15) is 0 Å². The Morgan fingerprint density at radius 2 is 1.52 bits per heavy atom. The molecular weight excluding hydrogens is 414 g/mol. The van der Waals surface area contributed by atoms with E-state index < -0.39 is 0 Å². The van der Waals surface area contributed by atoms with Crippen LogP contribution < -0.4 is 14.2 Å². The maximum Gasteiger partial charge on any atom is 0.254 e. The second-order valence-electron chi connectivity index (χ2n) is 8.35. The molecule has 0 aromatic heterocycles. The topological polar surface area (TPSA) is 48.0 Å². The predicted molar refractivity (Wildman–Crippen MR) is 129 cm³/mol. The van der Waals surface area contributed by atoms with Crippen molar-refractivity contribution in [3.05, 3.63) is 89.0 Å². The van der Waals surface area contributed by atoms with Crippen LogP contribution in [-0.4, -0.2) is 24.7 Å². The van der Waals surface area contributed by atoms with E-state index in [0.29, 0.717) is 18.7 Å². The lowest BCUT2D eigenvalue weighted by Crippen LogP contribution is -2.30. The summed E-state index contributed by atoms with van der Waals surface area (Å²) >= 11 is 0. The molecule has 33 heavy (non-hydrogen) atoms. The highest BCUT2D eigenvalue weighted by Gasteiger charge is 2.19. The van der Waals surface area contributed by atoms with Gasteiger partial charge in [0.05, 0.1) is 7.11 Å². The molecule has 0 aliphatic carbocycles. The van der Waals surface area contributed by atoms with Crippen molar-refractivity contribution in [2.24, 2.45) is 0 Å². The van der Waals surface area contributed by atoms with Gasteiger partial charge in [0.25, 0.3) is 5.91 Å². The minimum absolute atomic E-state index is 0.00333. The van der Waals surface area contributed by atoms with Gasteiger partial charge in [0.15, 0.2) is 11.5 Å². The van der Waals surface area contributed by atoms with Crippen molar-refractivity contribution >= 4 is 5.91 Å². The van der Waals surface area contributed by atoms with Crippen LogP contribution in [0.2, 0.25) is 0 Å². The average Bonchev–Trinajstić information content (AvgIpc) is 3.32. The zero-order valence-corrected chi connectivity index (χ0v) is 19.4. The molecule has 4 rings (SSSR count). The fourth-order valence-electron chi connectivity index (χ4n) is 3.99. The fraction of sp³-hybridized carbons (Fsp3) is 0.321. The van der Waals surface area contributed by atoms with Crippen LogP contribution in [0.4, 0.5) is 0 Å². The number of unbranched alkanes of at least 4 members (excludes halogenated alkanes) is 2. The molecule has 3 aromatic carbocycles. The number of carbonyl (C=O) groups excluding carboxylic acids is 1. The van der Waals surface area contributed by atoms with E-state index in [9.17, 15) is 4.79 Å². The molecule has 0 N–H and O–H groups in total. The molecule has 0 bridgehead atoms. The number of rotatable bonds is 10. The van der Waals surface area contributed by atoms with Gasteiger partial charge in [-0.05, 0) is 65.9 Å². The molecule has 1 amide bonds. The Hall–Kier alpha value is -3.47. The van der Waals surface area contributed by atoms with Gasteiger partial charge in [0.1, 0.15) is 5.75 Å². The third kappa shape index (κ3) is 5.86. The molecule has 1 aliphatic heterocycles. The van der Waals surface area contributed by atoms with Crippen LogP contribution in [0.25, 0.3) is 0 Å². The predicted octanol–water partition coefficient (Wildman–Crippen LogP) is 6.00. The van der Waals surface area contributed by atoms with Gasteiger partial charge in [0, 0.05) is 18.7 Å². The quantitative estimate of drug-likeness (QED) is 0.359. The fourth-order valence-corrected chi connectivity index (χ4v) is 3.99. The van der Waals surface area contributed by atoms with Gasteiger partial charge in [-0.25, -0.2) is 0 Å². The summed E-state index contributed by atoms with van der Waals surface area (Å²) in [6, 6.07) is 21.7. The van der Waals surface area contributed by atoms with Crippen molar-refractivity contribution in [1.29, 1.82) is 0 Å². The summed E-state index contributed by atoms with van der Waals surface area (Å²) in [5.41, 5.74) is 4.01. The van der Waals surface area contributed by atoms with E-state index in [4.69, 9.17) is 14.2 Å². The molecule has 172 valence electrons. The van der Waals surface area contributed by atoms with Crippen LogP contribution in [0.15, 0.2) is 66.7 Å². The maximum atomic E-state index is 13.5. The lowest BCUT2D eigenvalue weighted by molar-refractivity contribution is 0.0730. The van der Waals surface area contributed by atoms with Gasteiger partial charge in [0.2, 0.25) is 6.79 Å². The van der Waals surface area contributed by atoms with Gasteiger partial charge in [-0.1, -0.05) is 50.1 Å². The van der Waals surface area contributed by atoms with E-state index in [0.717, 1.165) is 34.8 Å². The van der Waals surface area contributed by atoms with Crippen LogP contribution in [0.3, 0.4) is 0 Å². The standard InChI is InChI=1S/C28H31NO4/c1-3-4-5-6-21-7-12-24(13-8-21)28(30)29(18-22-9-14-25(31-2)15-10-22)19-23-11-16-26-27(17-23)33-20-32-26/h7-17H,3-6,18-20H2,1-2H3. The molecule has 0 fully saturated rings. The Morgan fingerprint density at radius 3 is 2.24 bits per heavy atom. The van der Waals surface area contributed by atoms with Crippen LogP contribution >= 0.6 is 0 Å². The summed E-state index contributed by atoms with van der Waals surface area (Å²) < 4.78 is 16.2. The molecule has 0 saturated carbocycles. The highest BCUT2D eigenvalue weighted by Crippen LogP contribution is 2.33. The Bertz CT molecular complexity index is 1060. The van der Waals surface area contributed by atoms with Gasteiger partial charge in [-0.3, -0.25) is 4.79 Å². The first kappa shape index (κ1) is 22.7. The van der Waals surface area contributed by atoms with Gasteiger partial charge >= 0.3 is 0 Å². The Balaban J connectivity index is 1.53. The largest absolute Gasteiger partial charge is 0.497 e. The van der Waals surface area contributed by atoms with Crippen LogP contribution in [0.1, 0.15) is 53.2 Å². The molecule has 0 radical (unpaired) electrons. The molecule has 0 atom stereocenters. The molecule has 5 nitrogen and oxygen atoms in total. The number of hydrogen-bond acceptors (Lipinski definition) is 4. The van der Waals surface area contributed by atoms with Crippen LogP contribution in [-0.2, 0) is 19.5 Å². The molecule has 0 unspecified atom stereocenters. The van der Waals surface area contributed by atoms with E-state index in [1.54, 1.807) is 7.11 Å². The summed E-state index contributed by atoms with van der Waals surface area (Å²) in [6.45, 7) is 3.41. The summed E-state index contributed by atoms with van der Waals surface area (Å²) in [5.74, 6) is 2.26. The Morgan fingerprint density at radius 1 is 0.848 bits per heavy atom. The molecule has 1 heterocycles. The van der Waals surface area contributed by atoms with E-state index in [1.165, 1.54) is 24.8 Å². The second-order valence-corrected chi connectivity index (χ2v) is 8.35. The third-order valence-electron chi connectivity index (χ3n) is 5.90. The van der Waals surface area contributed by atoms with Gasteiger partial charge in [-0.15, -0.1) is 0 Å². The Kier molecular flexibility index (Phi) is 7.51. The van der Waals surface area contributed by atoms with Crippen LogP contribution in [0.5, 0.6) is 17.2 Å². The van der Waals surface area contributed by atoms with Crippen molar-refractivity contribution < 1.29 is 19.0 Å². The summed E-state index contributed by atoms with van der Waals surface area (Å²) in [7, 11) is 1.65. The lowest BCUT2D eigenvalue weighted by atomic mass is 10.0. The van der Waals surface area contributed by atoms with Crippen molar-refractivity contribution in [3.63, 3.8) is 0 Å². The average molecular weight is 446 g/mol. The SMILES string of the molecule is CCCCCc1ccc(C(=O)N(Cc2ccc(OC)cc2)Cc2ccc3c(c2)OCO3)cc1. The first-order valence-electron chi connectivity index (χ1n) is 11.6. The van der Waals surface area contributed by atoms with Gasteiger partial charge < -0.3 is 19.1 Å². The van der Waals surface area contributed by atoms with Crippen molar-refractivity contribution in [1.82, 2.24) is 4.90 Å². The first-order chi connectivity index (χ1) is 16.2. The number of amides is 1. The van der Waals surface area contributed by atoms with E-state index in [2.05, 4.69) is 19.1 Å². The van der Waals surface area contributed by atoms with Crippen molar-refractivity contribution in [3.8, 4) is 17.2 Å². The molecule has 1 aliphatic rings. The highest BCUT2D eigenvalue weighted by atomic mass is 16.7. The number of aryl methyl sites for hydroxylation is 1. The molecule has 0 saturated heterocycles. The maximum absolute atomic E-state index is 13.5. The highest BCUT2D eigenvalue weighted by molar-refractivity contribution is 5.94. The normalized spacial score (nSPS) is 11.9. The number of benzene rings is 3. The van der Waals surface area contributed by atoms with E-state index in [1.807, 2.05) is 59.5 Å². The number of fused-ring (bicyclic) bond motifs is 1. The molecule has 5 heteroatoms. The molecule has 3 aromatic rings. The van der Waals surface area contributed by atoms with E-state index >= 15 is 0 Å². The summed E-state index contributed by atoms with van der Waals surface area (Å²) in [5, 5.41) is 0. The Labute approximate surface area is 195 Å². The second kappa shape index (κ2) is 10.9. The van der Waals surface area contributed by atoms with Crippen molar-refractivity contribution in [2.75, 3.05) is 13.9 Å². The number of carbonyl (C=O) groups is 1. The minimum atomic E-state index is 0.00333. The zero-order valence-electron chi connectivity index (χ0n) is 19.4. The lowest BCUT2D eigenvalue weighted by Gasteiger charge is -2.24. The van der Waals surface area contributed by atoms with Crippen molar-refractivity contribution in [2.45, 2.75) is 45.7 Å². The number of hydrogen-bond donors (Lipinski definition) is 0. The minimum Gasteiger partial charge on any atom is -0.497 e. The zero-order chi connectivity index (χ0) is 23.0. The molecule has 0 spiro atoms.